The average Bonchev–Trinajstić information content (AvgIpc) is 2.50. The van der Waals surface area contributed by atoms with Crippen molar-refractivity contribution < 1.29 is 39.9 Å². The number of benzene rings is 1. The number of hydrogen-bond donors (Lipinski definition) is 4. The molecule has 1 aromatic carbocycles. The Morgan fingerprint density at radius 1 is 1.52 bits per heavy atom. The maximum Gasteiger partial charge on any atom is 0.362 e. The molecule has 128 valence electrons. The molecule has 0 saturated carbocycles. The smallest absolute Gasteiger partial charge is 0.362 e. The Balaban J connectivity index is 3.01. The number of quaternary nitrogens is 1. The van der Waals surface area contributed by atoms with Crippen LogP contribution in [0.15, 0.2) is 18.2 Å². The summed E-state index contributed by atoms with van der Waals surface area (Å²) in [7, 11) is -2.95. The molecule has 0 heterocycles. The number of nitro groups is 1. The average molecular weight is 349 g/mol. The largest absolute Gasteiger partial charge is 0.490 e. The molecule has 0 saturated heterocycles. The minimum Gasteiger partial charge on any atom is -0.490 e. The first kappa shape index (κ1) is 19.0. The number of hydrogen-bond acceptors (Lipinski definition) is 6. The van der Waals surface area contributed by atoms with Crippen molar-refractivity contribution in [1.82, 2.24) is 0 Å². The molecule has 6 N–H and O–H groups in total. The lowest BCUT2D eigenvalue weighted by molar-refractivity contribution is -0.407. The Hall–Kier alpha value is -2.00. The van der Waals surface area contributed by atoms with Gasteiger partial charge in [-0.1, -0.05) is 6.07 Å². The number of carbonyl (C=O) groups is 1. The van der Waals surface area contributed by atoms with Gasteiger partial charge in [-0.05, 0) is 11.6 Å². The van der Waals surface area contributed by atoms with Gasteiger partial charge in [-0.3, -0.25) is 14.7 Å². The van der Waals surface area contributed by atoms with E-state index in [9.17, 15) is 29.5 Å². The van der Waals surface area contributed by atoms with Crippen LogP contribution in [0.5, 0.6) is 5.75 Å². The van der Waals surface area contributed by atoms with Gasteiger partial charge in [0.05, 0.1) is 12.0 Å². The molecule has 2 unspecified atom stereocenters. The monoisotopic (exact) mass is 349 g/mol. The van der Waals surface area contributed by atoms with E-state index in [4.69, 9.17) is 9.84 Å². The van der Waals surface area contributed by atoms with Gasteiger partial charge in [-0.2, -0.15) is 0 Å². The second kappa shape index (κ2) is 7.51. The normalized spacial score (nSPS) is 16.2. The van der Waals surface area contributed by atoms with Crippen molar-refractivity contribution in [1.29, 1.82) is 0 Å². The summed E-state index contributed by atoms with van der Waals surface area (Å²) in [6.45, 7) is 0. The summed E-state index contributed by atoms with van der Waals surface area (Å²) < 4.78 is 17.0. The molecular weight excluding hydrogens is 331 g/mol. The van der Waals surface area contributed by atoms with Crippen molar-refractivity contribution in [3.63, 3.8) is 0 Å². The van der Waals surface area contributed by atoms with Crippen LogP contribution in [0.4, 0.5) is 5.69 Å². The van der Waals surface area contributed by atoms with E-state index in [1.165, 1.54) is 19.2 Å². The van der Waals surface area contributed by atoms with E-state index < -0.39 is 42.0 Å². The number of rotatable bonds is 8. The second-order valence-electron chi connectivity index (χ2n) is 4.87. The first-order valence-electron chi connectivity index (χ1n) is 6.48. The van der Waals surface area contributed by atoms with E-state index in [0.717, 1.165) is 6.07 Å². The van der Waals surface area contributed by atoms with E-state index in [0.29, 0.717) is 0 Å². The van der Waals surface area contributed by atoms with Gasteiger partial charge in [0.15, 0.2) is 17.6 Å². The van der Waals surface area contributed by atoms with E-state index in [-0.39, 0.29) is 17.7 Å². The van der Waals surface area contributed by atoms with Crippen LogP contribution in [0, 0.1) is 10.1 Å². The highest BCUT2D eigenvalue weighted by Crippen LogP contribution is 2.55. The third kappa shape index (κ3) is 4.73. The molecule has 10 nitrogen and oxygen atoms in total. The highest BCUT2D eigenvalue weighted by Gasteiger charge is 2.33. The summed E-state index contributed by atoms with van der Waals surface area (Å²) in [6.07, 6.45) is -0.688. The van der Waals surface area contributed by atoms with Gasteiger partial charge in [0, 0.05) is 18.6 Å². The molecule has 0 bridgehead atoms. The highest BCUT2D eigenvalue weighted by atomic mass is 31.2. The summed E-state index contributed by atoms with van der Waals surface area (Å²) >= 11 is 0. The zero-order valence-electron chi connectivity index (χ0n) is 12.3. The number of carboxylic acids is 1. The van der Waals surface area contributed by atoms with Gasteiger partial charge in [0.2, 0.25) is 7.37 Å². The van der Waals surface area contributed by atoms with E-state index in [1.54, 1.807) is 0 Å². The van der Waals surface area contributed by atoms with Crippen molar-refractivity contribution in [2.45, 2.75) is 18.3 Å². The fraction of sp³-hybridized carbons (Fsp3) is 0.417. The maximum atomic E-state index is 12.2. The summed E-state index contributed by atoms with van der Waals surface area (Å²) in [4.78, 5) is 30.8. The molecule has 0 aliphatic rings. The van der Waals surface area contributed by atoms with Gasteiger partial charge in [-0.25, -0.2) is 4.79 Å². The second-order valence-corrected chi connectivity index (χ2v) is 7.31. The zero-order valence-corrected chi connectivity index (χ0v) is 13.2. The molecule has 3 atom stereocenters. The number of aliphatic hydroxyl groups excluding tert-OH is 1. The zero-order chi connectivity index (χ0) is 17.8. The van der Waals surface area contributed by atoms with E-state index in [2.05, 4.69) is 5.73 Å². The van der Waals surface area contributed by atoms with Crippen molar-refractivity contribution >= 4 is 19.0 Å². The Labute approximate surface area is 131 Å². The first-order valence-corrected chi connectivity index (χ1v) is 8.39. The number of aliphatic carboxylic acids is 1. The van der Waals surface area contributed by atoms with Crippen LogP contribution >= 0.6 is 7.37 Å². The number of aliphatic hydroxyl groups is 1. The molecule has 0 aliphatic heterocycles. The fourth-order valence-corrected chi connectivity index (χ4v) is 3.38. The van der Waals surface area contributed by atoms with Gasteiger partial charge in [-0.15, -0.1) is 0 Å². The standard InChI is InChI=1S/C12H17N2O8P/c1-22-10-3-2-7(6-9(10)14(18)19)12(17)23(20,21)5-4-8(13)11(15)16/h2-3,6,8,12,17H,4-5,13H2,1H3,(H,15,16)(H,20,21)/p+1/t8-,12?/m0/s1. The van der Waals surface area contributed by atoms with Crippen molar-refractivity contribution in [2.75, 3.05) is 13.3 Å². The summed E-state index contributed by atoms with van der Waals surface area (Å²) in [6, 6.07) is 2.30. The lowest BCUT2D eigenvalue weighted by Gasteiger charge is -2.19. The van der Waals surface area contributed by atoms with Crippen LogP contribution in [0.3, 0.4) is 0 Å². The van der Waals surface area contributed by atoms with Crippen LogP contribution in [-0.2, 0) is 9.36 Å². The van der Waals surface area contributed by atoms with Gasteiger partial charge in [0.1, 0.15) is 0 Å². The van der Waals surface area contributed by atoms with E-state index >= 15 is 0 Å². The molecule has 0 amide bonds. The van der Waals surface area contributed by atoms with Crippen LogP contribution < -0.4 is 10.5 Å². The van der Waals surface area contributed by atoms with Gasteiger partial charge in [0.25, 0.3) is 0 Å². The number of ether oxygens (including phenoxy) is 1. The number of nitro benzene ring substituents is 1. The highest BCUT2D eigenvalue weighted by molar-refractivity contribution is 7.58. The molecule has 0 aliphatic carbocycles. The van der Waals surface area contributed by atoms with Crippen molar-refractivity contribution in [2.24, 2.45) is 0 Å². The number of nitrogens with zero attached hydrogens (tertiary/aromatic N) is 1. The lowest BCUT2D eigenvalue weighted by Crippen LogP contribution is -2.65. The van der Waals surface area contributed by atoms with E-state index in [1.807, 2.05) is 0 Å². The van der Waals surface area contributed by atoms with Crippen LogP contribution in [0.1, 0.15) is 17.8 Å². The number of carboxylic acid groups (broad SMARTS) is 1. The fourth-order valence-electron chi connectivity index (χ4n) is 1.83. The molecule has 23 heavy (non-hydrogen) atoms. The summed E-state index contributed by atoms with van der Waals surface area (Å²) in [5.41, 5.74) is 2.73. The molecule has 1 aromatic rings. The predicted molar refractivity (Wildman–Crippen MR) is 78.2 cm³/mol. The van der Waals surface area contributed by atoms with Gasteiger partial charge >= 0.3 is 11.7 Å². The molecule has 0 fully saturated rings. The molecular formula is C12H18N2O8P+. The Bertz CT molecular complexity index is 650. The molecule has 11 heteroatoms. The Morgan fingerprint density at radius 2 is 2.13 bits per heavy atom. The Morgan fingerprint density at radius 3 is 2.61 bits per heavy atom. The SMILES string of the molecule is COc1ccc(C(O)P(=O)(O)CC[C@H]([NH3+])C(=O)O)cc1[N+](=O)[O-]. The third-order valence-electron chi connectivity index (χ3n) is 3.23. The molecule has 0 spiro atoms. The topological polar surface area (TPSA) is 175 Å². The van der Waals surface area contributed by atoms with Crippen LogP contribution in [-0.4, -0.2) is 45.3 Å². The molecule has 0 aromatic heterocycles. The Kier molecular flexibility index (Phi) is 6.22. The lowest BCUT2D eigenvalue weighted by atomic mass is 10.2. The molecule has 1 rings (SSSR count). The third-order valence-corrected chi connectivity index (χ3v) is 5.19. The minimum atomic E-state index is -4.18. The molecule has 0 radical (unpaired) electrons. The van der Waals surface area contributed by atoms with Crippen molar-refractivity contribution in [3.8, 4) is 5.75 Å². The van der Waals surface area contributed by atoms with Gasteiger partial charge < -0.3 is 25.6 Å². The first-order chi connectivity index (χ1) is 10.6. The van der Waals surface area contributed by atoms with Crippen molar-refractivity contribution in [3.05, 3.63) is 33.9 Å². The van der Waals surface area contributed by atoms with Crippen LogP contribution in [0.2, 0.25) is 0 Å². The minimum absolute atomic E-state index is 0.0533. The van der Waals surface area contributed by atoms with Crippen LogP contribution in [0.25, 0.3) is 0 Å². The quantitative estimate of drug-likeness (QED) is 0.287. The maximum absolute atomic E-state index is 12.2. The summed E-state index contributed by atoms with van der Waals surface area (Å²) in [5, 5.41) is 29.7. The predicted octanol–water partition coefficient (Wildman–Crippen LogP) is -0.0501. The summed E-state index contributed by atoms with van der Waals surface area (Å²) in [5.74, 6) is -3.14. The number of methoxy groups -OCH3 is 1.